The molecule has 0 spiro atoms. The zero-order valence-electron chi connectivity index (χ0n) is 13.9. The van der Waals surface area contributed by atoms with Crippen LogP contribution in [0.3, 0.4) is 0 Å². The summed E-state index contributed by atoms with van der Waals surface area (Å²) in [6, 6.07) is 10.6. The first kappa shape index (κ1) is 16.4. The van der Waals surface area contributed by atoms with E-state index in [0.717, 1.165) is 65.3 Å². The van der Waals surface area contributed by atoms with Crippen molar-refractivity contribution in [2.24, 2.45) is 0 Å². The van der Waals surface area contributed by atoms with Crippen LogP contribution in [0.1, 0.15) is 12.0 Å². The smallest absolute Gasteiger partial charge is 0.236 e. The second-order valence-corrected chi connectivity index (χ2v) is 6.52. The molecular weight excluding hydrogens is 288 g/mol. The molecule has 2 saturated heterocycles. The molecule has 1 N–H and O–H groups in total. The van der Waals surface area contributed by atoms with Crippen LogP contribution in [-0.2, 0) is 11.3 Å². The summed E-state index contributed by atoms with van der Waals surface area (Å²) in [5, 5.41) is 3.39. The third-order valence-electron chi connectivity index (χ3n) is 4.77. The van der Waals surface area contributed by atoms with Gasteiger partial charge < -0.3 is 10.2 Å². The lowest BCUT2D eigenvalue weighted by atomic mass is 10.2. The Morgan fingerprint density at radius 3 is 2.48 bits per heavy atom. The van der Waals surface area contributed by atoms with Gasteiger partial charge in [-0.1, -0.05) is 30.3 Å². The van der Waals surface area contributed by atoms with Crippen molar-refractivity contribution in [3.05, 3.63) is 35.9 Å². The van der Waals surface area contributed by atoms with E-state index in [-0.39, 0.29) is 0 Å². The Bertz CT molecular complexity index is 477. The highest BCUT2D eigenvalue weighted by Gasteiger charge is 2.22. The Morgan fingerprint density at radius 1 is 0.913 bits per heavy atom. The van der Waals surface area contributed by atoms with Crippen LogP contribution >= 0.6 is 0 Å². The first-order valence-corrected chi connectivity index (χ1v) is 8.78. The summed E-state index contributed by atoms with van der Waals surface area (Å²) in [4.78, 5) is 19.3. The highest BCUT2D eigenvalue weighted by molar-refractivity contribution is 5.78. The average Bonchev–Trinajstić information content (AvgIpc) is 2.85. The molecule has 23 heavy (non-hydrogen) atoms. The van der Waals surface area contributed by atoms with Crippen LogP contribution in [0.15, 0.2) is 30.3 Å². The van der Waals surface area contributed by atoms with E-state index in [4.69, 9.17) is 0 Å². The van der Waals surface area contributed by atoms with E-state index in [1.165, 1.54) is 5.56 Å². The van der Waals surface area contributed by atoms with Gasteiger partial charge in [-0.15, -0.1) is 0 Å². The molecule has 0 aliphatic carbocycles. The van der Waals surface area contributed by atoms with Gasteiger partial charge in [-0.25, -0.2) is 0 Å². The van der Waals surface area contributed by atoms with Gasteiger partial charge in [-0.05, 0) is 25.1 Å². The van der Waals surface area contributed by atoms with Gasteiger partial charge in [-0.2, -0.15) is 0 Å². The lowest BCUT2D eigenvalue weighted by Gasteiger charge is -2.35. The van der Waals surface area contributed by atoms with E-state index in [2.05, 4.69) is 45.4 Å². The number of piperazine rings is 1. The maximum Gasteiger partial charge on any atom is 0.236 e. The van der Waals surface area contributed by atoms with Crippen molar-refractivity contribution in [1.82, 2.24) is 20.0 Å². The van der Waals surface area contributed by atoms with Crippen LogP contribution in [-0.4, -0.2) is 79.5 Å². The van der Waals surface area contributed by atoms with Gasteiger partial charge in [0.25, 0.3) is 0 Å². The second kappa shape index (κ2) is 8.43. The van der Waals surface area contributed by atoms with E-state index >= 15 is 0 Å². The topological polar surface area (TPSA) is 38.8 Å². The molecule has 1 aromatic carbocycles. The van der Waals surface area contributed by atoms with Crippen molar-refractivity contribution in [2.45, 2.75) is 13.0 Å². The normalized spacial score (nSPS) is 21.1. The number of amides is 1. The molecule has 3 rings (SSSR count). The summed E-state index contributed by atoms with van der Waals surface area (Å²) in [5.41, 5.74) is 1.35. The zero-order chi connectivity index (χ0) is 15.9. The van der Waals surface area contributed by atoms with Crippen LogP contribution in [0.25, 0.3) is 0 Å². The fourth-order valence-electron chi connectivity index (χ4n) is 3.35. The molecule has 5 heteroatoms. The van der Waals surface area contributed by atoms with E-state index < -0.39 is 0 Å². The molecule has 0 aromatic heterocycles. The Labute approximate surface area is 139 Å². The van der Waals surface area contributed by atoms with Gasteiger partial charge in [0, 0.05) is 45.8 Å². The minimum atomic E-state index is 0.297. The average molecular weight is 316 g/mol. The summed E-state index contributed by atoms with van der Waals surface area (Å²) >= 11 is 0. The second-order valence-electron chi connectivity index (χ2n) is 6.52. The predicted octanol–water partition coefficient (Wildman–Crippen LogP) is 0.626. The predicted molar refractivity (Wildman–Crippen MR) is 92.2 cm³/mol. The molecule has 1 aromatic rings. The van der Waals surface area contributed by atoms with Crippen LogP contribution in [0, 0.1) is 0 Å². The molecule has 0 saturated carbocycles. The van der Waals surface area contributed by atoms with E-state index in [1.807, 2.05) is 4.90 Å². The van der Waals surface area contributed by atoms with Crippen molar-refractivity contribution in [3.8, 4) is 0 Å². The Kier molecular flexibility index (Phi) is 6.02. The minimum absolute atomic E-state index is 0.297. The zero-order valence-corrected chi connectivity index (χ0v) is 13.9. The summed E-state index contributed by atoms with van der Waals surface area (Å²) in [7, 11) is 0. The van der Waals surface area contributed by atoms with Crippen LogP contribution in [0.5, 0.6) is 0 Å². The van der Waals surface area contributed by atoms with E-state index in [1.54, 1.807) is 0 Å². The summed E-state index contributed by atoms with van der Waals surface area (Å²) in [5.74, 6) is 0.297. The number of carbonyl (C=O) groups excluding carboxylic acids is 1. The Morgan fingerprint density at radius 2 is 1.70 bits per heavy atom. The summed E-state index contributed by atoms with van der Waals surface area (Å²) in [6.07, 6.45) is 1.14. The molecule has 0 radical (unpaired) electrons. The van der Waals surface area contributed by atoms with E-state index in [0.29, 0.717) is 12.5 Å². The van der Waals surface area contributed by atoms with Crippen molar-refractivity contribution in [3.63, 3.8) is 0 Å². The Balaban J connectivity index is 1.42. The highest BCUT2D eigenvalue weighted by atomic mass is 16.2. The van der Waals surface area contributed by atoms with Gasteiger partial charge in [0.1, 0.15) is 0 Å². The monoisotopic (exact) mass is 316 g/mol. The van der Waals surface area contributed by atoms with Crippen molar-refractivity contribution >= 4 is 5.91 Å². The molecule has 0 atom stereocenters. The van der Waals surface area contributed by atoms with Gasteiger partial charge in [0.05, 0.1) is 6.54 Å². The molecular formula is C18H28N4O. The molecule has 126 valence electrons. The van der Waals surface area contributed by atoms with Crippen LogP contribution in [0.4, 0.5) is 0 Å². The Hall–Kier alpha value is -1.43. The molecule has 0 bridgehead atoms. The maximum atomic E-state index is 12.5. The number of hydrogen-bond donors (Lipinski definition) is 1. The lowest BCUT2D eigenvalue weighted by Crippen LogP contribution is -2.51. The fourth-order valence-corrected chi connectivity index (χ4v) is 3.35. The number of rotatable bonds is 4. The van der Waals surface area contributed by atoms with E-state index in [9.17, 15) is 4.79 Å². The van der Waals surface area contributed by atoms with Gasteiger partial charge in [0.15, 0.2) is 0 Å². The lowest BCUT2D eigenvalue weighted by molar-refractivity contribution is -0.134. The molecule has 2 aliphatic heterocycles. The number of carbonyl (C=O) groups is 1. The fraction of sp³-hybridized carbons (Fsp3) is 0.611. The first-order chi connectivity index (χ1) is 11.3. The van der Waals surface area contributed by atoms with Crippen LogP contribution in [0.2, 0.25) is 0 Å². The van der Waals surface area contributed by atoms with Gasteiger partial charge in [0.2, 0.25) is 5.91 Å². The van der Waals surface area contributed by atoms with Gasteiger partial charge >= 0.3 is 0 Å². The number of nitrogens with one attached hydrogen (secondary N) is 1. The molecule has 1 amide bonds. The summed E-state index contributed by atoms with van der Waals surface area (Å²) < 4.78 is 0. The number of hydrogen-bond acceptors (Lipinski definition) is 4. The first-order valence-electron chi connectivity index (χ1n) is 8.78. The van der Waals surface area contributed by atoms with Crippen LogP contribution < -0.4 is 5.32 Å². The van der Waals surface area contributed by atoms with Gasteiger partial charge in [-0.3, -0.25) is 14.6 Å². The molecule has 2 fully saturated rings. The highest BCUT2D eigenvalue weighted by Crippen LogP contribution is 2.09. The van der Waals surface area contributed by atoms with Crippen molar-refractivity contribution in [2.75, 3.05) is 58.9 Å². The number of benzene rings is 1. The molecule has 2 aliphatic rings. The quantitative estimate of drug-likeness (QED) is 0.884. The SMILES string of the molecule is O=C(CN1CCCNCC1)N1CCN(Cc2ccccc2)CC1. The maximum absolute atomic E-state index is 12.5. The molecule has 0 unspecified atom stereocenters. The van der Waals surface area contributed by atoms with Crippen molar-refractivity contribution < 1.29 is 4.79 Å². The third-order valence-corrected chi connectivity index (χ3v) is 4.77. The number of nitrogens with zero attached hydrogens (tertiary/aromatic N) is 3. The molecule has 2 heterocycles. The largest absolute Gasteiger partial charge is 0.339 e. The molecule has 5 nitrogen and oxygen atoms in total. The van der Waals surface area contributed by atoms with Crippen molar-refractivity contribution in [1.29, 1.82) is 0 Å². The summed E-state index contributed by atoms with van der Waals surface area (Å²) in [6.45, 7) is 9.33. The standard InChI is InChI=1S/C18H28N4O/c23-18(16-20-9-4-7-19-8-10-20)22-13-11-21(12-14-22)15-17-5-2-1-3-6-17/h1-3,5-6,19H,4,7-16H2. The third kappa shape index (κ3) is 5.03. The minimum Gasteiger partial charge on any atom is -0.339 e.